The van der Waals surface area contributed by atoms with Crippen molar-refractivity contribution >= 4 is 63.2 Å². The van der Waals surface area contributed by atoms with Crippen LogP contribution in [0.4, 0.5) is 0 Å². The second-order valence-electron chi connectivity index (χ2n) is 5.37. The number of aliphatic imine (C=N–C) groups is 1. The minimum absolute atomic E-state index is 0. The van der Waals surface area contributed by atoms with Gasteiger partial charge in [0, 0.05) is 23.1 Å². The van der Waals surface area contributed by atoms with Gasteiger partial charge in [-0.25, -0.2) is 12.7 Å². The Morgan fingerprint density at radius 2 is 2.17 bits per heavy atom. The number of guanidine groups is 1. The lowest BCUT2D eigenvalue weighted by molar-refractivity contribution is 0.452. The van der Waals surface area contributed by atoms with Crippen LogP contribution < -0.4 is 11.1 Å². The highest BCUT2D eigenvalue weighted by molar-refractivity contribution is 14.0. The zero-order valence-electron chi connectivity index (χ0n) is 13.2. The maximum absolute atomic E-state index is 11.7. The van der Waals surface area contributed by atoms with Gasteiger partial charge in [-0.3, -0.25) is 4.99 Å². The van der Waals surface area contributed by atoms with Gasteiger partial charge in [-0.2, -0.15) is 0 Å². The first-order chi connectivity index (χ1) is 10.8. The molecule has 0 saturated carbocycles. The van der Waals surface area contributed by atoms with Crippen molar-refractivity contribution in [1.82, 2.24) is 9.62 Å². The average Bonchev–Trinajstić information content (AvgIpc) is 2.77. The fraction of sp³-hybridized carbons (Fsp3) is 0.500. The van der Waals surface area contributed by atoms with Crippen molar-refractivity contribution in [3.8, 4) is 0 Å². The summed E-state index contributed by atoms with van der Waals surface area (Å²) in [6.07, 6.45) is 0.672. The summed E-state index contributed by atoms with van der Waals surface area (Å²) in [6.45, 7) is 3.13. The predicted octanol–water partition coefficient (Wildman–Crippen LogP) is 2.61. The minimum Gasteiger partial charge on any atom is -0.370 e. The van der Waals surface area contributed by atoms with Gasteiger partial charge in [0.15, 0.2) is 5.96 Å². The third-order valence-electron chi connectivity index (χ3n) is 3.63. The van der Waals surface area contributed by atoms with E-state index < -0.39 is 10.0 Å². The molecule has 0 aliphatic carbocycles. The van der Waals surface area contributed by atoms with Crippen molar-refractivity contribution in [2.24, 2.45) is 10.7 Å². The zero-order chi connectivity index (χ0) is 17.0. The van der Waals surface area contributed by atoms with Gasteiger partial charge >= 0.3 is 0 Å². The highest BCUT2D eigenvalue weighted by Crippen LogP contribution is 2.25. The van der Waals surface area contributed by atoms with Gasteiger partial charge in [0.25, 0.3) is 0 Å². The Kier molecular flexibility index (Phi) is 8.54. The third kappa shape index (κ3) is 5.91. The van der Waals surface area contributed by atoms with Crippen LogP contribution in [0.2, 0.25) is 10.0 Å². The molecule has 2 rings (SSSR count). The van der Waals surface area contributed by atoms with Crippen LogP contribution in [0.25, 0.3) is 0 Å². The monoisotopic (exact) mass is 506 g/mol. The molecule has 0 amide bonds. The maximum atomic E-state index is 11.7. The number of nitrogens with two attached hydrogens (primary N) is 1. The van der Waals surface area contributed by atoms with Crippen LogP contribution in [0.1, 0.15) is 24.9 Å². The van der Waals surface area contributed by atoms with E-state index in [1.165, 1.54) is 4.31 Å². The minimum atomic E-state index is -3.09. The van der Waals surface area contributed by atoms with Crippen molar-refractivity contribution < 1.29 is 8.42 Å². The molecule has 1 aliphatic heterocycles. The predicted molar refractivity (Wildman–Crippen MR) is 110 cm³/mol. The number of rotatable bonds is 5. The lowest BCUT2D eigenvalue weighted by atomic mass is 10.1. The number of nitrogens with zero attached hydrogens (tertiary/aromatic N) is 2. The molecule has 3 N–H and O–H groups in total. The Morgan fingerprint density at radius 3 is 2.75 bits per heavy atom. The van der Waals surface area contributed by atoms with Crippen LogP contribution in [0.5, 0.6) is 0 Å². The van der Waals surface area contributed by atoms with Crippen molar-refractivity contribution in [1.29, 1.82) is 0 Å². The molecule has 1 unspecified atom stereocenters. The third-order valence-corrected chi connectivity index (χ3v) is 6.15. The molecule has 10 heteroatoms. The maximum Gasteiger partial charge on any atom is 0.214 e. The Hall–Kier alpha value is -0.290. The summed E-state index contributed by atoms with van der Waals surface area (Å²) >= 11 is 12.0. The van der Waals surface area contributed by atoms with Crippen LogP contribution in [-0.4, -0.2) is 44.1 Å². The molecule has 1 aliphatic rings. The van der Waals surface area contributed by atoms with Gasteiger partial charge in [-0.15, -0.1) is 24.0 Å². The number of benzene rings is 1. The molecule has 1 atom stereocenters. The number of hydrogen-bond donors (Lipinski definition) is 2. The normalized spacial score (nSPS) is 18.9. The molecular weight excluding hydrogens is 486 g/mol. The van der Waals surface area contributed by atoms with E-state index in [0.29, 0.717) is 36.1 Å². The van der Waals surface area contributed by atoms with Gasteiger partial charge in [0.05, 0.1) is 18.3 Å². The van der Waals surface area contributed by atoms with Gasteiger partial charge < -0.3 is 11.1 Å². The zero-order valence-corrected chi connectivity index (χ0v) is 17.9. The Bertz CT molecular complexity index is 700. The van der Waals surface area contributed by atoms with Crippen molar-refractivity contribution in [3.63, 3.8) is 0 Å². The summed E-state index contributed by atoms with van der Waals surface area (Å²) in [6, 6.07) is 5.11. The van der Waals surface area contributed by atoms with Crippen molar-refractivity contribution in [2.45, 2.75) is 19.4 Å². The molecule has 1 aromatic rings. The summed E-state index contributed by atoms with van der Waals surface area (Å²) in [5.41, 5.74) is 6.70. The topological polar surface area (TPSA) is 87.8 Å². The molecule has 0 radical (unpaired) electrons. The second-order valence-corrected chi connectivity index (χ2v) is 8.30. The highest BCUT2D eigenvalue weighted by Gasteiger charge is 2.27. The van der Waals surface area contributed by atoms with E-state index in [9.17, 15) is 8.42 Å². The van der Waals surface area contributed by atoms with E-state index in [-0.39, 0.29) is 41.7 Å². The van der Waals surface area contributed by atoms with Gasteiger partial charge in [0.2, 0.25) is 10.0 Å². The van der Waals surface area contributed by atoms with E-state index in [2.05, 4.69) is 10.3 Å². The summed E-state index contributed by atoms with van der Waals surface area (Å²) in [4.78, 5) is 4.17. The number of halogens is 3. The molecule has 24 heavy (non-hydrogen) atoms. The summed E-state index contributed by atoms with van der Waals surface area (Å²) in [7, 11) is -3.09. The molecule has 1 aromatic carbocycles. The fourth-order valence-corrected chi connectivity index (χ4v) is 4.51. The first-order valence-corrected chi connectivity index (χ1v) is 9.65. The summed E-state index contributed by atoms with van der Waals surface area (Å²) < 4.78 is 24.8. The van der Waals surface area contributed by atoms with Crippen LogP contribution in [-0.2, 0) is 10.0 Å². The smallest absolute Gasteiger partial charge is 0.214 e. The lowest BCUT2D eigenvalue weighted by Gasteiger charge is -2.17. The van der Waals surface area contributed by atoms with Gasteiger partial charge in [0.1, 0.15) is 0 Å². The van der Waals surface area contributed by atoms with E-state index in [1.807, 2.05) is 13.0 Å². The van der Waals surface area contributed by atoms with Crippen LogP contribution in [0.15, 0.2) is 23.2 Å². The van der Waals surface area contributed by atoms with Crippen LogP contribution in [0, 0.1) is 0 Å². The molecule has 0 aromatic heterocycles. The van der Waals surface area contributed by atoms with E-state index in [1.54, 1.807) is 12.1 Å². The first kappa shape index (κ1) is 21.8. The lowest BCUT2D eigenvalue weighted by Crippen LogP contribution is -2.35. The fourth-order valence-electron chi connectivity index (χ4n) is 2.42. The molecule has 1 heterocycles. The second kappa shape index (κ2) is 9.42. The molecule has 136 valence electrons. The highest BCUT2D eigenvalue weighted by atomic mass is 127. The average molecular weight is 507 g/mol. The molecule has 6 nitrogen and oxygen atoms in total. The summed E-state index contributed by atoms with van der Waals surface area (Å²) in [5, 5.41) is 4.15. The number of nitrogens with one attached hydrogen (secondary N) is 1. The number of hydrogen-bond acceptors (Lipinski definition) is 3. The van der Waals surface area contributed by atoms with E-state index in [0.717, 1.165) is 5.56 Å². The van der Waals surface area contributed by atoms with Crippen molar-refractivity contribution in [3.05, 3.63) is 33.8 Å². The van der Waals surface area contributed by atoms with E-state index >= 15 is 0 Å². The standard InChI is InChI=1S/C14H20Cl2N4O2S.HI/c1-10(12-4-3-11(15)9-13(12)16)19-14(17)18-5-7-20-6-2-8-23(20,21)22;/h3-4,9-10H,2,5-8H2,1H3,(H3,17,18,19);1H. The first-order valence-electron chi connectivity index (χ1n) is 7.29. The largest absolute Gasteiger partial charge is 0.370 e. The Morgan fingerprint density at radius 1 is 1.46 bits per heavy atom. The van der Waals surface area contributed by atoms with Crippen molar-refractivity contribution in [2.75, 3.05) is 25.4 Å². The van der Waals surface area contributed by atoms with E-state index in [4.69, 9.17) is 28.9 Å². The molecular formula is C14H21Cl2IN4O2S. The van der Waals surface area contributed by atoms with Gasteiger partial charge in [-0.05, 0) is 31.0 Å². The summed E-state index contributed by atoms with van der Waals surface area (Å²) in [5.74, 6) is 0.469. The molecule has 1 saturated heterocycles. The van der Waals surface area contributed by atoms with Crippen LogP contribution >= 0.6 is 47.2 Å². The molecule has 0 bridgehead atoms. The Balaban J connectivity index is 0.00000288. The number of sulfonamides is 1. The Labute approximate surface area is 169 Å². The molecule has 1 fully saturated rings. The van der Waals surface area contributed by atoms with Gasteiger partial charge in [-0.1, -0.05) is 29.3 Å². The quantitative estimate of drug-likeness (QED) is 0.365. The SMILES string of the molecule is CC(NC(N)=NCCN1CCCS1(=O)=O)c1ccc(Cl)cc1Cl.I. The molecule has 0 spiro atoms. The van der Waals surface area contributed by atoms with Crippen LogP contribution in [0.3, 0.4) is 0 Å².